The molecule has 1 N–H and O–H groups in total. The van der Waals surface area contributed by atoms with Gasteiger partial charge < -0.3 is 5.32 Å². The van der Waals surface area contributed by atoms with Crippen LogP contribution in [-0.2, 0) is 5.75 Å². The van der Waals surface area contributed by atoms with E-state index in [0.29, 0.717) is 5.95 Å². The summed E-state index contributed by atoms with van der Waals surface area (Å²) >= 11 is 7.59. The molecule has 0 aliphatic heterocycles. The standard InChI is InChI=1S/C14H16ClN3S/c1-3-16-14-17-8-10(2)13(18-14)19-9-11-4-6-12(15)7-5-11/h4-8H,3,9H2,1-2H3,(H,16,17,18). The Morgan fingerprint density at radius 1 is 1.26 bits per heavy atom. The van der Waals surface area contributed by atoms with Crippen molar-refractivity contribution in [1.82, 2.24) is 9.97 Å². The molecule has 1 heterocycles. The van der Waals surface area contributed by atoms with Crippen LogP contribution in [0.4, 0.5) is 5.95 Å². The average molecular weight is 294 g/mol. The van der Waals surface area contributed by atoms with Gasteiger partial charge in [-0.25, -0.2) is 9.97 Å². The Balaban J connectivity index is 2.05. The third-order valence-corrected chi connectivity index (χ3v) is 3.97. The van der Waals surface area contributed by atoms with Gasteiger partial charge in [-0.1, -0.05) is 23.7 Å². The van der Waals surface area contributed by atoms with Crippen LogP contribution in [0.3, 0.4) is 0 Å². The molecule has 0 saturated heterocycles. The van der Waals surface area contributed by atoms with Gasteiger partial charge in [0.05, 0.1) is 0 Å². The van der Waals surface area contributed by atoms with Crippen LogP contribution in [0.25, 0.3) is 0 Å². The zero-order valence-electron chi connectivity index (χ0n) is 11.0. The summed E-state index contributed by atoms with van der Waals surface area (Å²) in [6.07, 6.45) is 1.86. The Hall–Kier alpha value is -1.26. The van der Waals surface area contributed by atoms with Crippen molar-refractivity contribution < 1.29 is 0 Å². The van der Waals surface area contributed by atoms with Crippen LogP contribution < -0.4 is 5.32 Å². The van der Waals surface area contributed by atoms with Crippen LogP contribution in [0, 0.1) is 6.92 Å². The first kappa shape index (κ1) is 14.2. The van der Waals surface area contributed by atoms with Gasteiger partial charge >= 0.3 is 0 Å². The number of nitrogens with one attached hydrogen (secondary N) is 1. The van der Waals surface area contributed by atoms with Crippen LogP contribution in [0.2, 0.25) is 5.02 Å². The number of nitrogens with zero attached hydrogens (tertiary/aromatic N) is 2. The third-order valence-electron chi connectivity index (χ3n) is 2.55. The van der Waals surface area contributed by atoms with Gasteiger partial charge in [0.2, 0.25) is 5.95 Å². The second kappa shape index (κ2) is 6.78. The molecular formula is C14H16ClN3S. The minimum Gasteiger partial charge on any atom is -0.354 e. The van der Waals surface area contributed by atoms with Crippen LogP contribution in [0.5, 0.6) is 0 Å². The first-order chi connectivity index (χ1) is 9.19. The maximum atomic E-state index is 5.87. The molecule has 0 spiro atoms. The van der Waals surface area contributed by atoms with E-state index in [9.17, 15) is 0 Å². The summed E-state index contributed by atoms with van der Waals surface area (Å²) in [5.74, 6) is 1.56. The van der Waals surface area contributed by atoms with Crippen LogP contribution in [0.1, 0.15) is 18.1 Å². The van der Waals surface area contributed by atoms with Gasteiger partial charge in [0.25, 0.3) is 0 Å². The molecule has 0 aliphatic rings. The molecule has 0 radical (unpaired) electrons. The monoisotopic (exact) mass is 293 g/mol. The van der Waals surface area contributed by atoms with Crippen molar-refractivity contribution in [2.24, 2.45) is 0 Å². The van der Waals surface area contributed by atoms with E-state index >= 15 is 0 Å². The molecular weight excluding hydrogens is 278 g/mol. The highest BCUT2D eigenvalue weighted by Crippen LogP contribution is 2.25. The maximum absolute atomic E-state index is 5.87. The third kappa shape index (κ3) is 4.11. The van der Waals surface area contributed by atoms with Crippen LogP contribution in [0.15, 0.2) is 35.5 Å². The van der Waals surface area contributed by atoms with Crippen molar-refractivity contribution >= 4 is 29.3 Å². The number of aromatic nitrogens is 2. The zero-order chi connectivity index (χ0) is 13.7. The lowest BCUT2D eigenvalue weighted by Crippen LogP contribution is -2.03. The zero-order valence-corrected chi connectivity index (χ0v) is 12.6. The Morgan fingerprint density at radius 3 is 2.68 bits per heavy atom. The first-order valence-electron chi connectivity index (χ1n) is 6.14. The molecule has 1 aromatic heterocycles. The molecule has 0 fully saturated rings. The lowest BCUT2D eigenvalue weighted by molar-refractivity contribution is 0.983. The number of hydrogen-bond acceptors (Lipinski definition) is 4. The molecule has 1 aromatic carbocycles. The second-order valence-electron chi connectivity index (χ2n) is 4.13. The highest BCUT2D eigenvalue weighted by Gasteiger charge is 2.04. The smallest absolute Gasteiger partial charge is 0.223 e. The van der Waals surface area contributed by atoms with Gasteiger partial charge in [0.1, 0.15) is 5.03 Å². The Kier molecular flexibility index (Phi) is 5.05. The number of rotatable bonds is 5. The van der Waals surface area contributed by atoms with Crippen molar-refractivity contribution in [2.45, 2.75) is 24.6 Å². The van der Waals surface area contributed by atoms with Crippen molar-refractivity contribution in [2.75, 3.05) is 11.9 Å². The molecule has 100 valence electrons. The van der Waals surface area contributed by atoms with E-state index in [1.54, 1.807) is 11.8 Å². The van der Waals surface area contributed by atoms with E-state index in [1.165, 1.54) is 5.56 Å². The van der Waals surface area contributed by atoms with E-state index < -0.39 is 0 Å². The number of halogens is 1. The summed E-state index contributed by atoms with van der Waals surface area (Å²) in [4.78, 5) is 8.75. The molecule has 0 unspecified atom stereocenters. The largest absolute Gasteiger partial charge is 0.354 e. The van der Waals surface area contributed by atoms with E-state index in [2.05, 4.69) is 15.3 Å². The highest BCUT2D eigenvalue weighted by atomic mass is 35.5. The molecule has 0 aliphatic carbocycles. The Bertz CT molecular complexity index is 543. The summed E-state index contributed by atoms with van der Waals surface area (Å²) in [5.41, 5.74) is 2.33. The predicted octanol–water partition coefficient (Wildman–Crippen LogP) is 4.16. The molecule has 0 amide bonds. The van der Waals surface area contributed by atoms with Crippen molar-refractivity contribution in [3.8, 4) is 0 Å². The summed E-state index contributed by atoms with van der Waals surface area (Å²) in [6, 6.07) is 7.90. The Labute approximate surface area is 122 Å². The molecule has 2 rings (SSSR count). The number of aryl methyl sites for hydroxylation is 1. The molecule has 5 heteroatoms. The van der Waals surface area contributed by atoms with Crippen LogP contribution >= 0.6 is 23.4 Å². The van der Waals surface area contributed by atoms with Crippen molar-refractivity contribution in [3.63, 3.8) is 0 Å². The highest BCUT2D eigenvalue weighted by molar-refractivity contribution is 7.98. The van der Waals surface area contributed by atoms with Gasteiger partial charge in [0, 0.05) is 23.5 Å². The van der Waals surface area contributed by atoms with E-state index in [4.69, 9.17) is 11.6 Å². The summed E-state index contributed by atoms with van der Waals surface area (Å²) in [5, 5.41) is 4.91. The quantitative estimate of drug-likeness (QED) is 0.663. The minimum atomic E-state index is 0.687. The summed E-state index contributed by atoms with van der Waals surface area (Å²) in [6.45, 7) is 4.88. The molecule has 2 aromatic rings. The number of thioether (sulfide) groups is 1. The van der Waals surface area contributed by atoms with Gasteiger partial charge in [-0.2, -0.15) is 0 Å². The van der Waals surface area contributed by atoms with Gasteiger partial charge in [-0.15, -0.1) is 11.8 Å². The molecule has 3 nitrogen and oxygen atoms in total. The molecule has 0 bridgehead atoms. The topological polar surface area (TPSA) is 37.8 Å². The van der Waals surface area contributed by atoms with E-state index in [-0.39, 0.29) is 0 Å². The molecule has 0 atom stereocenters. The molecule has 19 heavy (non-hydrogen) atoms. The van der Waals surface area contributed by atoms with Crippen LogP contribution in [-0.4, -0.2) is 16.5 Å². The minimum absolute atomic E-state index is 0.687. The SMILES string of the molecule is CCNc1ncc(C)c(SCc2ccc(Cl)cc2)n1. The average Bonchev–Trinajstić information content (AvgIpc) is 2.41. The van der Waals surface area contributed by atoms with E-state index in [0.717, 1.165) is 27.9 Å². The van der Waals surface area contributed by atoms with Crippen molar-refractivity contribution in [3.05, 3.63) is 46.6 Å². The normalized spacial score (nSPS) is 10.5. The van der Waals surface area contributed by atoms with Crippen molar-refractivity contribution in [1.29, 1.82) is 0 Å². The van der Waals surface area contributed by atoms with Gasteiger partial charge in [-0.05, 0) is 37.1 Å². The number of hydrogen-bond donors (Lipinski definition) is 1. The van der Waals surface area contributed by atoms with E-state index in [1.807, 2.05) is 44.3 Å². The molecule has 0 saturated carbocycles. The Morgan fingerprint density at radius 2 is 2.00 bits per heavy atom. The lowest BCUT2D eigenvalue weighted by atomic mass is 10.2. The second-order valence-corrected chi connectivity index (χ2v) is 5.53. The summed E-state index contributed by atoms with van der Waals surface area (Å²) < 4.78 is 0. The lowest BCUT2D eigenvalue weighted by Gasteiger charge is -2.07. The maximum Gasteiger partial charge on any atom is 0.223 e. The van der Waals surface area contributed by atoms with Gasteiger partial charge in [0.15, 0.2) is 0 Å². The number of benzene rings is 1. The fourth-order valence-corrected chi connectivity index (χ4v) is 2.60. The van der Waals surface area contributed by atoms with Gasteiger partial charge in [-0.3, -0.25) is 0 Å². The fourth-order valence-electron chi connectivity index (χ4n) is 1.55. The fraction of sp³-hybridized carbons (Fsp3) is 0.286. The predicted molar refractivity (Wildman–Crippen MR) is 81.9 cm³/mol. The summed E-state index contributed by atoms with van der Waals surface area (Å²) in [7, 11) is 0. The number of anilines is 1. The first-order valence-corrected chi connectivity index (χ1v) is 7.50.